The molecule has 0 fully saturated rings. The number of nitrogens with zero attached hydrogens (tertiary/aromatic N) is 1. The number of urea groups is 1. The van der Waals surface area contributed by atoms with E-state index in [1.165, 1.54) is 0 Å². The molecule has 0 aliphatic carbocycles. The third-order valence-corrected chi connectivity index (χ3v) is 3.76. The van der Waals surface area contributed by atoms with Crippen LogP contribution < -0.4 is 21.3 Å². The zero-order valence-electron chi connectivity index (χ0n) is 13.2. The number of hydrogen-bond donors (Lipinski definition) is 3. The summed E-state index contributed by atoms with van der Waals surface area (Å²) < 4.78 is 0. The quantitative estimate of drug-likeness (QED) is 0.775. The van der Waals surface area contributed by atoms with Gasteiger partial charge in [0.2, 0.25) is 5.91 Å². The predicted octanol–water partition coefficient (Wildman–Crippen LogP) is 1.84. The molecular weight excluding hydrogens is 280 g/mol. The molecule has 1 aliphatic rings. The number of rotatable bonds is 5. The van der Waals surface area contributed by atoms with Crippen LogP contribution in [0.3, 0.4) is 0 Å². The SMILES string of the molecule is CCCC(N)C(=O)Nc1ccc2c(c1)N(C(=O)NCC)CC2. The van der Waals surface area contributed by atoms with E-state index >= 15 is 0 Å². The zero-order chi connectivity index (χ0) is 16.1. The van der Waals surface area contributed by atoms with Crippen molar-refractivity contribution in [3.05, 3.63) is 23.8 Å². The molecule has 1 aromatic carbocycles. The van der Waals surface area contributed by atoms with E-state index in [4.69, 9.17) is 5.73 Å². The topological polar surface area (TPSA) is 87.5 Å². The zero-order valence-corrected chi connectivity index (χ0v) is 13.2. The molecule has 22 heavy (non-hydrogen) atoms. The fourth-order valence-corrected chi connectivity index (χ4v) is 2.59. The molecule has 120 valence electrons. The van der Waals surface area contributed by atoms with Gasteiger partial charge in [0.15, 0.2) is 0 Å². The van der Waals surface area contributed by atoms with Gasteiger partial charge < -0.3 is 16.4 Å². The molecule has 6 nitrogen and oxygen atoms in total. The molecule has 1 aromatic rings. The molecule has 6 heteroatoms. The number of fused-ring (bicyclic) bond motifs is 1. The maximum absolute atomic E-state index is 12.0. The highest BCUT2D eigenvalue weighted by atomic mass is 16.2. The first-order valence-electron chi connectivity index (χ1n) is 7.81. The van der Waals surface area contributed by atoms with Crippen molar-refractivity contribution in [3.8, 4) is 0 Å². The summed E-state index contributed by atoms with van der Waals surface area (Å²) in [6.07, 6.45) is 2.35. The molecule has 0 aromatic heterocycles. The van der Waals surface area contributed by atoms with Crippen LogP contribution in [0.2, 0.25) is 0 Å². The summed E-state index contributed by atoms with van der Waals surface area (Å²) in [6, 6.07) is 5.05. The summed E-state index contributed by atoms with van der Waals surface area (Å²) in [4.78, 5) is 25.7. The molecule has 1 unspecified atom stereocenters. The summed E-state index contributed by atoms with van der Waals surface area (Å²) in [6.45, 7) is 5.13. The molecule has 2 rings (SSSR count). The normalized spacial score (nSPS) is 14.4. The van der Waals surface area contributed by atoms with Crippen LogP contribution in [0, 0.1) is 0 Å². The molecular formula is C16H24N4O2. The van der Waals surface area contributed by atoms with Crippen molar-refractivity contribution in [1.82, 2.24) is 5.32 Å². The minimum atomic E-state index is -0.502. The van der Waals surface area contributed by atoms with Gasteiger partial charge in [-0.25, -0.2) is 4.79 Å². The lowest BCUT2D eigenvalue weighted by Gasteiger charge is -2.18. The van der Waals surface area contributed by atoms with Gasteiger partial charge in [0.25, 0.3) is 0 Å². The number of hydrogen-bond acceptors (Lipinski definition) is 3. The Bertz CT molecular complexity index is 559. The van der Waals surface area contributed by atoms with Crippen molar-refractivity contribution < 1.29 is 9.59 Å². The average Bonchev–Trinajstić information content (AvgIpc) is 2.91. The molecule has 0 spiro atoms. The molecule has 1 aliphatic heterocycles. The van der Waals surface area contributed by atoms with Gasteiger partial charge in [-0.15, -0.1) is 0 Å². The van der Waals surface area contributed by atoms with Crippen LogP contribution in [-0.4, -0.2) is 31.1 Å². The molecule has 3 amide bonds. The maximum atomic E-state index is 12.0. The molecule has 1 heterocycles. The second-order valence-electron chi connectivity index (χ2n) is 5.47. The number of benzene rings is 1. The molecule has 4 N–H and O–H groups in total. The van der Waals surface area contributed by atoms with Crippen molar-refractivity contribution in [2.75, 3.05) is 23.3 Å². The van der Waals surface area contributed by atoms with Crippen LogP contribution in [0.5, 0.6) is 0 Å². The summed E-state index contributed by atoms with van der Waals surface area (Å²) >= 11 is 0. The van der Waals surface area contributed by atoms with Crippen molar-refractivity contribution in [2.45, 2.75) is 39.2 Å². The number of carbonyl (C=O) groups excluding carboxylic acids is 2. The van der Waals surface area contributed by atoms with Gasteiger partial charge in [-0.1, -0.05) is 19.4 Å². The van der Waals surface area contributed by atoms with Crippen LogP contribution in [0.15, 0.2) is 18.2 Å². The first-order chi connectivity index (χ1) is 10.6. The second-order valence-corrected chi connectivity index (χ2v) is 5.47. The van der Waals surface area contributed by atoms with Crippen molar-refractivity contribution in [1.29, 1.82) is 0 Å². The summed E-state index contributed by atoms with van der Waals surface area (Å²) in [5.74, 6) is -0.190. The van der Waals surface area contributed by atoms with Crippen LogP contribution in [0.1, 0.15) is 32.3 Å². The number of nitrogens with one attached hydrogen (secondary N) is 2. The van der Waals surface area contributed by atoms with E-state index in [2.05, 4.69) is 10.6 Å². The number of anilines is 2. The van der Waals surface area contributed by atoms with Crippen molar-refractivity contribution >= 4 is 23.3 Å². The van der Waals surface area contributed by atoms with Gasteiger partial charge in [0.05, 0.1) is 11.7 Å². The highest BCUT2D eigenvalue weighted by molar-refractivity contribution is 5.98. The molecule has 0 bridgehead atoms. The second kappa shape index (κ2) is 7.26. The smallest absolute Gasteiger partial charge is 0.321 e. The van der Waals surface area contributed by atoms with Crippen LogP contribution in [0.4, 0.5) is 16.2 Å². The number of nitrogens with two attached hydrogens (primary N) is 1. The standard InChI is InChI=1S/C16H24N4O2/c1-3-5-13(17)15(21)19-12-7-6-11-8-9-20(14(11)10-12)16(22)18-4-2/h6-7,10,13H,3-5,8-9,17H2,1-2H3,(H,18,22)(H,19,21). The van der Waals surface area contributed by atoms with Crippen LogP contribution >= 0.6 is 0 Å². The Morgan fingerprint density at radius 2 is 2.14 bits per heavy atom. The van der Waals surface area contributed by atoms with Crippen molar-refractivity contribution in [3.63, 3.8) is 0 Å². The minimum Gasteiger partial charge on any atom is -0.338 e. The van der Waals surface area contributed by atoms with E-state index < -0.39 is 6.04 Å². The summed E-state index contributed by atoms with van der Waals surface area (Å²) in [5.41, 5.74) is 8.46. The predicted molar refractivity (Wildman–Crippen MR) is 88.1 cm³/mol. The molecule has 0 saturated heterocycles. The van der Waals surface area contributed by atoms with Gasteiger partial charge in [0, 0.05) is 18.8 Å². The average molecular weight is 304 g/mol. The van der Waals surface area contributed by atoms with Gasteiger partial charge in [-0.05, 0) is 37.5 Å². The summed E-state index contributed by atoms with van der Waals surface area (Å²) in [7, 11) is 0. The first-order valence-corrected chi connectivity index (χ1v) is 7.81. The Hall–Kier alpha value is -2.08. The Labute approximate surface area is 131 Å². The number of amides is 3. The third kappa shape index (κ3) is 3.57. The molecule has 1 atom stereocenters. The van der Waals surface area contributed by atoms with E-state index in [9.17, 15) is 9.59 Å². The Balaban J connectivity index is 2.12. The van der Waals surface area contributed by atoms with E-state index in [0.717, 1.165) is 24.1 Å². The fraction of sp³-hybridized carbons (Fsp3) is 0.500. The Kier molecular flexibility index (Phi) is 5.38. The number of carbonyl (C=O) groups is 2. The van der Waals surface area contributed by atoms with Gasteiger partial charge in [-0.3, -0.25) is 9.69 Å². The third-order valence-electron chi connectivity index (χ3n) is 3.76. The van der Waals surface area contributed by atoms with E-state index in [1.807, 2.05) is 32.0 Å². The Morgan fingerprint density at radius 1 is 1.36 bits per heavy atom. The molecule has 0 saturated carbocycles. The highest BCUT2D eigenvalue weighted by Gasteiger charge is 2.25. The van der Waals surface area contributed by atoms with Gasteiger partial charge in [0.1, 0.15) is 0 Å². The molecule has 0 radical (unpaired) electrons. The van der Waals surface area contributed by atoms with Crippen LogP contribution in [0.25, 0.3) is 0 Å². The minimum absolute atomic E-state index is 0.104. The lowest BCUT2D eigenvalue weighted by atomic mass is 10.1. The highest BCUT2D eigenvalue weighted by Crippen LogP contribution is 2.30. The largest absolute Gasteiger partial charge is 0.338 e. The van der Waals surface area contributed by atoms with E-state index in [1.54, 1.807) is 4.90 Å². The van der Waals surface area contributed by atoms with E-state index in [-0.39, 0.29) is 11.9 Å². The maximum Gasteiger partial charge on any atom is 0.321 e. The lowest BCUT2D eigenvalue weighted by molar-refractivity contribution is -0.117. The fourth-order valence-electron chi connectivity index (χ4n) is 2.59. The monoisotopic (exact) mass is 304 g/mol. The first kappa shape index (κ1) is 16.3. The Morgan fingerprint density at radius 3 is 2.82 bits per heavy atom. The van der Waals surface area contributed by atoms with Crippen molar-refractivity contribution in [2.24, 2.45) is 5.73 Å². The summed E-state index contributed by atoms with van der Waals surface area (Å²) in [5, 5.41) is 5.63. The van der Waals surface area contributed by atoms with E-state index in [0.29, 0.717) is 25.2 Å². The lowest BCUT2D eigenvalue weighted by Crippen LogP contribution is -2.38. The van der Waals surface area contributed by atoms with Crippen LogP contribution in [-0.2, 0) is 11.2 Å². The van der Waals surface area contributed by atoms with Gasteiger partial charge in [-0.2, -0.15) is 0 Å². The van der Waals surface area contributed by atoms with Gasteiger partial charge >= 0.3 is 6.03 Å².